The zero-order valence-electron chi connectivity index (χ0n) is 15.6. The minimum Gasteiger partial charge on any atom is -0.496 e. The van der Waals surface area contributed by atoms with Crippen LogP contribution in [0, 0.1) is 0 Å². The van der Waals surface area contributed by atoms with Crippen molar-refractivity contribution in [3.63, 3.8) is 0 Å². The molecule has 0 spiro atoms. The largest absolute Gasteiger partial charge is 0.496 e. The third-order valence-corrected chi connectivity index (χ3v) is 4.30. The lowest BCUT2D eigenvalue weighted by Crippen LogP contribution is -2.27. The van der Waals surface area contributed by atoms with Gasteiger partial charge in [0.25, 0.3) is 0 Å². The first-order valence-electron chi connectivity index (χ1n) is 8.32. The highest BCUT2D eigenvalue weighted by atomic mass is 32.1. The summed E-state index contributed by atoms with van der Waals surface area (Å²) in [6, 6.07) is 7.73. The van der Waals surface area contributed by atoms with E-state index in [4.69, 9.17) is 9.47 Å². The number of anilines is 1. The van der Waals surface area contributed by atoms with E-state index < -0.39 is 11.7 Å². The summed E-state index contributed by atoms with van der Waals surface area (Å²) < 4.78 is 12.5. The van der Waals surface area contributed by atoms with Gasteiger partial charge in [-0.1, -0.05) is 17.4 Å². The van der Waals surface area contributed by atoms with Gasteiger partial charge in [-0.25, -0.2) is 4.79 Å². The highest BCUT2D eigenvalue weighted by molar-refractivity contribution is 7.18. The third-order valence-electron chi connectivity index (χ3n) is 3.43. The first kappa shape index (κ1) is 18.8. The Hall–Kier alpha value is -2.94. The van der Waals surface area contributed by atoms with Crippen molar-refractivity contribution in [2.75, 3.05) is 12.4 Å². The van der Waals surface area contributed by atoms with Crippen LogP contribution < -0.4 is 10.1 Å². The van der Waals surface area contributed by atoms with E-state index in [1.165, 1.54) is 11.3 Å². The van der Waals surface area contributed by atoms with E-state index in [-0.39, 0.29) is 0 Å². The van der Waals surface area contributed by atoms with Crippen molar-refractivity contribution in [3.8, 4) is 16.3 Å². The summed E-state index contributed by atoms with van der Waals surface area (Å²) in [7, 11) is 1.60. The Morgan fingerprint density at radius 2 is 2.11 bits per heavy atom. The van der Waals surface area contributed by atoms with Gasteiger partial charge in [-0.15, -0.1) is 10.2 Å². The fourth-order valence-corrected chi connectivity index (χ4v) is 3.13. The van der Waals surface area contributed by atoms with Crippen molar-refractivity contribution in [2.45, 2.75) is 32.9 Å². The van der Waals surface area contributed by atoms with Gasteiger partial charge in [0.05, 0.1) is 19.2 Å². The van der Waals surface area contributed by atoms with E-state index in [0.29, 0.717) is 22.4 Å². The van der Waals surface area contributed by atoms with Crippen LogP contribution in [0.1, 0.15) is 26.3 Å². The number of hydrogen-bond donors (Lipinski definition) is 1. The average Bonchev–Trinajstić information content (AvgIpc) is 3.25. The van der Waals surface area contributed by atoms with Crippen LogP contribution in [0.5, 0.6) is 5.75 Å². The molecule has 0 bridgehead atoms. The van der Waals surface area contributed by atoms with Gasteiger partial charge in [0.1, 0.15) is 11.4 Å². The molecule has 2 heterocycles. The molecule has 0 radical (unpaired) electrons. The Balaban J connectivity index is 1.81. The molecule has 0 atom stereocenters. The van der Waals surface area contributed by atoms with Crippen LogP contribution in [0.3, 0.4) is 0 Å². The second-order valence-corrected chi connectivity index (χ2v) is 7.76. The van der Waals surface area contributed by atoms with Gasteiger partial charge < -0.3 is 9.47 Å². The summed E-state index contributed by atoms with van der Waals surface area (Å²) >= 11 is 1.25. The Morgan fingerprint density at radius 3 is 2.78 bits per heavy atom. The Bertz CT molecular complexity index is 915. The Labute approximate surface area is 161 Å². The Morgan fingerprint density at radius 1 is 1.30 bits per heavy atom. The first-order valence-corrected chi connectivity index (χ1v) is 9.14. The molecule has 0 saturated heterocycles. The molecule has 27 heavy (non-hydrogen) atoms. The molecule has 0 unspecified atom stereocenters. The number of carbonyl (C=O) groups is 1. The van der Waals surface area contributed by atoms with Crippen molar-refractivity contribution in [2.24, 2.45) is 0 Å². The summed E-state index contributed by atoms with van der Waals surface area (Å²) in [6.07, 6.45) is 3.08. The predicted octanol–water partition coefficient (Wildman–Crippen LogP) is 3.81. The summed E-state index contributed by atoms with van der Waals surface area (Å²) in [5.41, 5.74) is 1.27. The van der Waals surface area contributed by atoms with Crippen LogP contribution in [-0.4, -0.2) is 38.8 Å². The minimum absolute atomic E-state index is 0.360. The number of nitrogens with one attached hydrogen (secondary N) is 1. The van der Waals surface area contributed by atoms with Crippen LogP contribution in [0.25, 0.3) is 10.6 Å². The summed E-state index contributed by atoms with van der Waals surface area (Å²) in [5, 5.41) is 16.0. The van der Waals surface area contributed by atoms with Crippen LogP contribution in [0.4, 0.5) is 9.93 Å². The molecule has 0 fully saturated rings. The molecular weight excluding hydrogens is 366 g/mol. The van der Waals surface area contributed by atoms with Crippen LogP contribution in [0.15, 0.2) is 36.7 Å². The second-order valence-electron chi connectivity index (χ2n) is 6.78. The zero-order valence-corrected chi connectivity index (χ0v) is 16.4. The molecule has 0 aliphatic heterocycles. The molecule has 0 saturated carbocycles. The fraction of sp³-hybridized carbons (Fsp3) is 0.333. The number of amides is 1. The van der Waals surface area contributed by atoms with Crippen molar-refractivity contribution in [1.29, 1.82) is 0 Å². The van der Waals surface area contributed by atoms with E-state index in [0.717, 1.165) is 11.1 Å². The molecule has 3 rings (SSSR count). The number of aromatic nitrogens is 4. The van der Waals surface area contributed by atoms with Crippen LogP contribution >= 0.6 is 11.3 Å². The molecule has 1 N–H and O–H groups in total. The summed E-state index contributed by atoms with van der Waals surface area (Å²) in [4.78, 5) is 11.9. The molecule has 142 valence electrons. The maximum absolute atomic E-state index is 11.9. The number of rotatable bonds is 5. The average molecular weight is 387 g/mol. The summed E-state index contributed by atoms with van der Waals surface area (Å²) in [6.45, 7) is 6.03. The number of carbonyl (C=O) groups excluding carboxylic acids is 1. The standard InChI is InChI=1S/C18H21N5O3S/c1-18(2,3)26-17(24)20-16-22-21-15(27-16)13-10-12(6-7-14(13)25-4)11-23-9-5-8-19-23/h5-10H,11H2,1-4H3,(H,20,22,24). The number of hydrogen-bond acceptors (Lipinski definition) is 7. The maximum atomic E-state index is 11.9. The highest BCUT2D eigenvalue weighted by Crippen LogP contribution is 2.34. The van der Waals surface area contributed by atoms with E-state index >= 15 is 0 Å². The van der Waals surface area contributed by atoms with Crippen molar-refractivity contribution in [3.05, 3.63) is 42.2 Å². The molecule has 8 nitrogen and oxygen atoms in total. The van der Waals surface area contributed by atoms with Gasteiger partial charge in [0, 0.05) is 12.4 Å². The van der Waals surface area contributed by atoms with Gasteiger partial charge in [-0.3, -0.25) is 10.00 Å². The quantitative estimate of drug-likeness (QED) is 0.716. The van der Waals surface area contributed by atoms with E-state index in [1.807, 2.05) is 35.1 Å². The van der Waals surface area contributed by atoms with E-state index in [9.17, 15) is 4.79 Å². The fourth-order valence-electron chi connectivity index (χ4n) is 2.38. The molecule has 1 amide bonds. The van der Waals surface area contributed by atoms with Crippen molar-refractivity contribution >= 4 is 22.6 Å². The number of benzene rings is 1. The molecule has 0 aliphatic carbocycles. The van der Waals surface area contributed by atoms with E-state index in [2.05, 4.69) is 20.6 Å². The van der Waals surface area contributed by atoms with Crippen LogP contribution in [0.2, 0.25) is 0 Å². The lowest BCUT2D eigenvalue weighted by molar-refractivity contribution is 0.0636. The first-order chi connectivity index (χ1) is 12.8. The van der Waals surface area contributed by atoms with Gasteiger partial charge in [-0.05, 0) is 44.5 Å². The van der Waals surface area contributed by atoms with Crippen molar-refractivity contribution in [1.82, 2.24) is 20.0 Å². The lowest BCUT2D eigenvalue weighted by Gasteiger charge is -2.18. The minimum atomic E-state index is -0.582. The molecule has 1 aromatic carbocycles. The van der Waals surface area contributed by atoms with Gasteiger partial charge in [-0.2, -0.15) is 5.10 Å². The SMILES string of the molecule is COc1ccc(Cn2cccn2)cc1-c1nnc(NC(=O)OC(C)(C)C)s1. The van der Waals surface area contributed by atoms with Crippen LogP contribution in [-0.2, 0) is 11.3 Å². The molecule has 9 heteroatoms. The summed E-state index contributed by atoms with van der Waals surface area (Å²) in [5.74, 6) is 0.680. The topological polar surface area (TPSA) is 91.2 Å². The van der Waals surface area contributed by atoms with Gasteiger partial charge >= 0.3 is 6.09 Å². The molecule has 0 aliphatic rings. The highest BCUT2D eigenvalue weighted by Gasteiger charge is 2.19. The second kappa shape index (κ2) is 7.75. The molecular formula is C18H21N5O3S. The monoisotopic (exact) mass is 387 g/mol. The predicted molar refractivity (Wildman–Crippen MR) is 103 cm³/mol. The third kappa shape index (κ3) is 5.04. The Kier molecular flexibility index (Phi) is 5.41. The smallest absolute Gasteiger partial charge is 0.414 e. The lowest BCUT2D eigenvalue weighted by atomic mass is 10.1. The van der Waals surface area contributed by atoms with E-state index in [1.54, 1.807) is 34.1 Å². The number of ether oxygens (including phenoxy) is 2. The number of nitrogens with zero attached hydrogens (tertiary/aromatic N) is 4. The van der Waals surface area contributed by atoms with Gasteiger partial charge in [0.15, 0.2) is 5.01 Å². The normalized spacial score (nSPS) is 11.3. The molecule has 3 aromatic rings. The van der Waals surface area contributed by atoms with Gasteiger partial charge in [0.2, 0.25) is 5.13 Å². The maximum Gasteiger partial charge on any atom is 0.414 e. The van der Waals surface area contributed by atoms with Crippen molar-refractivity contribution < 1.29 is 14.3 Å². The number of methoxy groups -OCH3 is 1. The zero-order chi connectivity index (χ0) is 19.4. The molecule has 2 aromatic heterocycles.